The lowest BCUT2D eigenvalue weighted by Crippen LogP contribution is -2.45. The molecule has 2 fully saturated rings. The van der Waals surface area contributed by atoms with Gasteiger partial charge >= 0.3 is 0 Å². The molecule has 1 heterocycles. The molecule has 1 N–H and O–H groups in total. The molecule has 0 amide bonds. The van der Waals surface area contributed by atoms with Crippen LogP contribution >= 0.6 is 15.9 Å². The zero-order valence-electron chi connectivity index (χ0n) is 10.1. The second-order valence-electron chi connectivity index (χ2n) is 5.62. The summed E-state index contributed by atoms with van der Waals surface area (Å²) in [6.45, 7) is 2.92. The van der Waals surface area contributed by atoms with E-state index in [2.05, 4.69) is 20.8 Å². The van der Waals surface area contributed by atoms with Crippen molar-refractivity contribution in [2.75, 3.05) is 25.0 Å². The SMILES string of the molecule is OCCCC1CCCN1CC1(CBr)CCC1. The molecule has 0 spiro atoms. The predicted molar refractivity (Wildman–Crippen MR) is 71.0 cm³/mol. The minimum absolute atomic E-state index is 0.355. The van der Waals surface area contributed by atoms with Gasteiger partial charge in [-0.25, -0.2) is 0 Å². The third-order valence-electron chi connectivity index (χ3n) is 4.43. The van der Waals surface area contributed by atoms with E-state index < -0.39 is 0 Å². The molecule has 3 heteroatoms. The lowest BCUT2D eigenvalue weighted by molar-refractivity contribution is 0.0798. The van der Waals surface area contributed by atoms with Crippen molar-refractivity contribution in [3.63, 3.8) is 0 Å². The summed E-state index contributed by atoms with van der Waals surface area (Å²) >= 11 is 3.70. The van der Waals surface area contributed by atoms with Crippen molar-refractivity contribution >= 4 is 15.9 Å². The Labute approximate surface area is 108 Å². The topological polar surface area (TPSA) is 23.5 Å². The standard InChI is InChI=1S/C13H24BrNO/c14-10-13(6-3-7-13)11-15-8-1-4-12(15)5-2-9-16/h12,16H,1-11H2. The molecule has 0 bridgehead atoms. The van der Waals surface area contributed by atoms with E-state index in [9.17, 15) is 0 Å². The van der Waals surface area contributed by atoms with Gasteiger partial charge in [0.05, 0.1) is 0 Å². The van der Waals surface area contributed by atoms with Crippen LogP contribution in [0.25, 0.3) is 0 Å². The van der Waals surface area contributed by atoms with Crippen LogP contribution in [0.1, 0.15) is 44.9 Å². The van der Waals surface area contributed by atoms with Gasteiger partial charge < -0.3 is 5.11 Å². The molecular weight excluding hydrogens is 266 g/mol. The number of alkyl halides is 1. The molecule has 1 atom stereocenters. The van der Waals surface area contributed by atoms with Crippen molar-refractivity contribution in [2.45, 2.75) is 51.0 Å². The summed E-state index contributed by atoms with van der Waals surface area (Å²) in [5, 5.41) is 10.1. The summed E-state index contributed by atoms with van der Waals surface area (Å²) < 4.78 is 0. The van der Waals surface area contributed by atoms with Gasteiger partial charge in [0.25, 0.3) is 0 Å². The van der Waals surface area contributed by atoms with Crippen molar-refractivity contribution < 1.29 is 5.11 Å². The van der Waals surface area contributed by atoms with Crippen LogP contribution in [-0.4, -0.2) is 41.1 Å². The highest BCUT2D eigenvalue weighted by molar-refractivity contribution is 9.09. The number of halogens is 1. The minimum atomic E-state index is 0.355. The predicted octanol–water partition coefficient (Wildman–Crippen LogP) is 2.79. The third kappa shape index (κ3) is 2.80. The zero-order valence-corrected chi connectivity index (χ0v) is 11.7. The van der Waals surface area contributed by atoms with E-state index in [0.29, 0.717) is 12.0 Å². The molecule has 0 aromatic rings. The average Bonchev–Trinajstić information content (AvgIpc) is 2.68. The number of hydrogen-bond donors (Lipinski definition) is 1. The van der Waals surface area contributed by atoms with Gasteiger partial charge in [-0.2, -0.15) is 0 Å². The van der Waals surface area contributed by atoms with Gasteiger partial charge in [0.15, 0.2) is 0 Å². The molecule has 94 valence electrons. The maximum Gasteiger partial charge on any atom is 0.0431 e. The normalized spacial score (nSPS) is 29.2. The van der Waals surface area contributed by atoms with E-state index in [1.165, 1.54) is 56.9 Å². The van der Waals surface area contributed by atoms with Crippen molar-refractivity contribution in [1.82, 2.24) is 4.90 Å². The van der Waals surface area contributed by atoms with Crippen LogP contribution in [0.4, 0.5) is 0 Å². The summed E-state index contributed by atoms with van der Waals surface area (Å²) in [4.78, 5) is 2.69. The number of aliphatic hydroxyl groups excluding tert-OH is 1. The Morgan fingerprint density at radius 3 is 2.69 bits per heavy atom. The smallest absolute Gasteiger partial charge is 0.0431 e. The summed E-state index contributed by atoms with van der Waals surface area (Å²) in [5.41, 5.74) is 0.585. The maximum absolute atomic E-state index is 8.92. The van der Waals surface area contributed by atoms with E-state index in [0.717, 1.165) is 12.5 Å². The molecule has 0 aromatic carbocycles. The average molecular weight is 290 g/mol. The minimum Gasteiger partial charge on any atom is -0.396 e. The van der Waals surface area contributed by atoms with Gasteiger partial charge in [0.2, 0.25) is 0 Å². The fourth-order valence-corrected chi connectivity index (χ4v) is 3.94. The fourth-order valence-electron chi connectivity index (χ4n) is 3.20. The van der Waals surface area contributed by atoms with Crippen molar-refractivity contribution in [2.24, 2.45) is 5.41 Å². The molecular formula is C13H24BrNO. The van der Waals surface area contributed by atoms with Gasteiger partial charge in [0.1, 0.15) is 0 Å². The Morgan fingerprint density at radius 2 is 2.12 bits per heavy atom. The van der Waals surface area contributed by atoms with Crippen LogP contribution in [-0.2, 0) is 0 Å². The lowest BCUT2D eigenvalue weighted by Gasteiger charge is -2.44. The van der Waals surface area contributed by atoms with Crippen LogP contribution in [0.2, 0.25) is 0 Å². The van der Waals surface area contributed by atoms with E-state index >= 15 is 0 Å². The Morgan fingerprint density at radius 1 is 1.31 bits per heavy atom. The summed E-state index contributed by atoms with van der Waals surface area (Å²) in [6.07, 6.45) is 9.09. The largest absolute Gasteiger partial charge is 0.396 e. The lowest BCUT2D eigenvalue weighted by atomic mass is 9.70. The number of hydrogen-bond acceptors (Lipinski definition) is 2. The number of rotatable bonds is 6. The van der Waals surface area contributed by atoms with Crippen molar-refractivity contribution in [3.05, 3.63) is 0 Å². The van der Waals surface area contributed by atoms with Crippen LogP contribution in [0, 0.1) is 5.41 Å². The van der Waals surface area contributed by atoms with E-state index in [1.807, 2.05) is 0 Å². The molecule has 1 unspecified atom stereocenters. The molecule has 1 saturated heterocycles. The summed E-state index contributed by atoms with van der Waals surface area (Å²) in [6, 6.07) is 0.753. The molecule has 0 radical (unpaired) electrons. The fraction of sp³-hybridized carbons (Fsp3) is 1.00. The Hall–Kier alpha value is 0.400. The second-order valence-corrected chi connectivity index (χ2v) is 6.18. The van der Waals surface area contributed by atoms with Gasteiger partial charge in [-0.05, 0) is 50.5 Å². The Kier molecular flexibility index (Phi) is 4.68. The first-order chi connectivity index (χ1) is 7.79. The highest BCUT2D eigenvalue weighted by Crippen LogP contribution is 2.44. The van der Waals surface area contributed by atoms with E-state index in [4.69, 9.17) is 5.11 Å². The van der Waals surface area contributed by atoms with Gasteiger partial charge in [0, 0.05) is 24.5 Å². The van der Waals surface area contributed by atoms with Crippen LogP contribution in [0.5, 0.6) is 0 Å². The van der Waals surface area contributed by atoms with Gasteiger partial charge in [-0.15, -0.1) is 0 Å². The Balaban J connectivity index is 1.83. The molecule has 2 aliphatic rings. The quantitative estimate of drug-likeness (QED) is 0.760. The van der Waals surface area contributed by atoms with Crippen molar-refractivity contribution in [3.8, 4) is 0 Å². The maximum atomic E-state index is 8.92. The van der Waals surface area contributed by atoms with Gasteiger partial charge in [-0.1, -0.05) is 22.4 Å². The first-order valence-electron chi connectivity index (χ1n) is 6.70. The number of nitrogens with zero attached hydrogens (tertiary/aromatic N) is 1. The molecule has 2 nitrogen and oxygen atoms in total. The molecule has 2 rings (SSSR count). The monoisotopic (exact) mass is 289 g/mol. The van der Waals surface area contributed by atoms with E-state index in [-0.39, 0.29) is 0 Å². The van der Waals surface area contributed by atoms with E-state index in [1.54, 1.807) is 0 Å². The van der Waals surface area contributed by atoms with Crippen LogP contribution in [0.3, 0.4) is 0 Å². The third-order valence-corrected chi connectivity index (χ3v) is 5.62. The highest BCUT2D eigenvalue weighted by atomic mass is 79.9. The number of likely N-dealkylation sites (tertiary alicyclic amines) is 1. The summed E-state index contributed by atoms with van der Waals surface area (Å²) in [5.74, 6) is 0. The molecule has 1 saturated carbocycles. The first kappa shape index (κ1) is 12.8. The molecule has 1 aliphatic heterocycles. The Bertz CT molecular complexity index is 212. The molecule has 16 heavy (non-hydrogen) atoms. The van der Waals surface area contributed by atoms with Crippen molar-refractivity contribution in [1.29, 1.82) is 0 Å². The van der Waals surface area contributed by atoms with Crippen LogP contribution in [0.15, 0.2) is 0 Å². The highest BCUT2D eigenvalue weighted by Gasteiger charge is 2.39. The molecule has 1 aliphatic carbocycles. The summed E-state index contributed by atoms with van der Waals surface area (Å²) in [7, 11) is 0. The molecule has 0 aromatic heterocycles. The number of aliphatic hydroxyl groups is 1. The first-order valence-corrected chi connectivity index (χ1v) is 7.83. The van der Waals surface area contributed by atoms with Gasteiger partial charge in [-0.3, -0.25) is 4.90 Å². The second kappa shape index (κ2) is 5.83. The van der Waals surface area contributed by atoms with Crippen LogP contribution < -0.4 is 0 Å². The zero-order chi connectivity index (χ0) is 11.4.